The molecule has 3 aromatic rings. The Bertz CT molecular complexity index is 1040. The van der Waals surface area contributed by atoms with Gasteiger partial charge in [0.15, 0.2) is 0 Å². The molecule has 1 aliphatic rings. The van der Waals surface area contributed by atoms with Gasteiger partial charge in [-0.05, 0) is 49.1 Å². The van der Waals surface area contributed by atoms with Crippen molar-refractivity contribution in [3.63, 3.8) is 0 Å². The van der Waals surface area contributed by atoms with Crippen molar-refractivity contribution in [3.8, 4) is 5.69 Å². The smallest absolute Gasteiger partial charge is 0.236 e. The molecule has 2 aromatic heterocycles. The minimum Gasteiger partial charge on any atom is -0.369 e. The van der Waals surface area contributed by atoms with Gasteiger partial charge in [-0.15, -0.1) is 0 Å². The summed E-state index contributed by atoms with van der Waals surface area (Å²) in [7, 11) is 1.83. The number of hydrogen-bond donors (Lipinski definition) is 3. The van der Waals surface area contributed by atoms with Crippen LogP contribution in [0.3, 0.4) is 0 Å². The zero-order valence-electron chi connectivity index (χ0n) is 18.3. The van der Waals surface area contributed by atoms with E-state index in [2.05, 4.69) is 67.9 Å². The molecule has 0 spiro atoms. The van der Waals surface area contributed by atoms with Gasteiger partial charge in [-0.1, -0.05) is 6.92 Å². The maximum Gasteiger partial charge on any atom is 0.236 e. The molecule has 3 heterocycles. The summed E-state index contributed by atoms with van der Waals surface area (Å²) in [6.07, 6.45) is 7.40. The van der Waals surface area contributed by atoms with Crippen LogP contribution in [0.25, 0.3) is 16.6 Å². The molecule has 1 saturated heterocycles. The Morgan fingerprint density at radius 3 is 2.77 bits per heavy atom. The minimum atomic E-state index is 0.193. The number of amides is 1. The van der Waals surface area contributed by atoms with Crippen molar-refractivity contribution < 1.29 is 4.79 Å². The van der Waals surface area contributed by atoms with Gasteiger partial charge in [-0.3, -0.25) is 4.79 Å². The number of benzene rings is 1. The summed E-state index contributed by atoms with van der Waals surface area (Å²) >= 11 is 0. The van der Waals surface area contributed by atoms with Crippen LogP contribution in [0.4, 0.5) is 11.8 Å². The Morgan fingerprint density at radius 2 is 2.00 bits per heavy atom. The molecule has 0 aliphatic carbocycles. The van der Waals surface area contributed by atoms with Crippen molar-refractivity contribution >= 4 is 28.6 Å². The predicted octanol–water partition coefficient (Wildman–Crippen LogP) is 3.00. The Morgan fingerprint density at radius 1 is 1.16 bits per heavy atom. The molecule has 1 amide bonds. The molecule has 0 unspecified atom stereocenters. The van der Waals surface area contributed by atoms with Crippen molar-refractivity contribution in [1.29, 1.82) is 0 Å². The van der Waals surface area contributed by atoms with Crippen LogP contribution in [0.2, 0.25) is 0 Å². The second kappa shape index (κ2) is 9.78. The second-order valence-electron chi connectivity index (χ2n) is 7.89. The Labute approximate surface area is 183 Å². The number of likely N-dealkylation sites (tertiary alicyclic amines) is 1. The van der Waals surface area contributed by atoms with Crippen molar-refractivity contribution in [2.24, 2.45) is 0 Å². The third-order valence-corrected chi connectivity index (χ3v) is 5.56. The lowest BCUT2D eigenvalue weighted by Gasteiger charge is -2.15. The number of anilines is 2. The summed E-state index contributed by atoms with van der Waals surface area (Å²) in [5.41, 5.74) is 3.06. The number of nitrogens with zero attached hydrogens (tertiary/aromatic N) is 4. The Kier molecular flexibility index (Phi) is 6.66. The van der Waals surface area contributed by atoms with Gasteiger partial charge in [0.1, 0.15) is 5.82 Å². The van der Waals surface area contributed by atoms with Crippen LogP contribution in [0.15, 0.2) is 36.7 Å². The fourth-order valence-electron chi connectivity index (χ4n) is 3.87. The summed E-state index contributed by atoms with van der Waals surface area (Å²) in [6, 6.07) is 8.29. The van der Waals surface area contributed by atoms with E-state index in [0.717, 1.165) is 66.9 Å². The van der Waals surface area contributed by atoms with Crippen LogP contribution in [0.5, 0.6) is 0 Å². The van der Waals surface area contributed by atoms with E-state index < -0.39 is 0 Å². The van der Waals surface area contributed by atoms with Crippen LogP contribution in [-0.2, 0) is 11.3 Å². The highest BCUT2D eigenvalue weighted by atomic mass is 16.2. The second-order valence-corrected chi connectivity index (χ2v) is 7.89. The van der Waals surface area contributed by atoms with Crippen molar-refractivity contribution in [1.82, 2.24) is 24.8 Å². The summed E-state index contributed by atoms with van der Waals surface area (Å²) in [6.45, 7) is 5.84. The molecule has 4 rings (SSSR count). The predicted molar refractivity (Wildman–Crippen MR) is 125 cm³/mol. The number of nitrogens with one attached hydrogen (secondary N) is 3. The first-order chi connectivity index (χ1) is 15.2. The van der Waals surface area contributed by atoms with Gasteiger partial charge in [0.2, 0.25) is 11.9 Å². The summed E-state index contributed by atoms with van der Waals surface area (Å²) in [5, 5.41) is 10.7. The molecule has 31 heavy (non-hydrogen) atoms. The molecule has 1 fully saturated rings. The summed E-state index contributed by atoms with van der Waals surface area (Å²) in [4.78, 5) is 23.3. The van der Waals surface area contributed by atoms with E-state index >= 15 is 0 Å². The highest BCUT2D eigenvalue weighted by Gasteiger charge is 2.17. The lowest BCUT2D eigenvalue weighted by molar-refractivity contribution is -0.129. The topological polar surface area (TPSA) is 87.1 Å². The Balaban J connectivity index is 1.46. The highest BCUT2D eigenvalue weighted by Crippen LogP contribution is 2.25. The molecular formula is C23H31N7O. The van der Waals surface area contributed by atoms with E-state index in [4.69, 9.17) is 0 Å². The van der Waals surface area contributed by atoms with E-state index in [1.807, 2.05) is 18.1 Å². The van der Waals surface area contributed by atoms with Crippen LogP contribution in [0, 0.1) is 0 Å². The van der Waals surface area contributed by atoms with Crippen molar-refractivity contribution in [2.75, 3.05) is 43.9 Å². The quantitative estimate of drug-likeness (QED) is 0.492. The Hall–Kier alpha value is -3.13. The average Bonchev–Trinajstić information content (AvgIpc) is 3.49. The van der Waals surface area contributed by atoms with Crippen molar-refractivity contribution in [3.05, 3.63) is 42.2 Å². The number of hydrogen-bond acceptors (Lipinski definition) is 6. The van der Waals surface area contributed by atoms with Gasteiger partial charge in [-0.25, -0.2) is 4.98 Å². The standard InChI is InChI=1S/C23H31N7O/c1-3-9-26-22-19-7-6-18(13-20(19)27-23(24-2)28-22)30-12-8-17(16-30)14-25-15-21(31)29-10-4-5-11-29/h6-8,12-13,16,25H,3-5,9-11,14-15H2,1-2H3,(H2,24,26,27,28). The van der Waals surface area contributed by atoms with Gasteiger partial charge in [0, 0.05) is 56.7 Å². The fourth-order valence-corrected chi connectivity index (χ4v) is 3.87. The van der Waals surface area contributed by atoms with Crippen LogP contribution >= 0.6 is 0 Å². The molecule has 1 aliphatic heterocycles. The van der Waals surface area contributed by atoms with Gasteiger partial charge >= 0.3 is 0 Å². The largest absolute Gasteiger partial charge is 0.369 e. The van der Waals surface area contributed by atoms with Crippen LogP contribution < -0.4 is 16.0 Å². The molecule has 0 saturated carbocycles. The van der Waals surface area contributed by atoms with Gasteiger partial charge in [0.05, 0.1) is 12.1 Å². The number of carbonyl (C=O) groups is 1. The molecule has 164 valence electrons. The van der Waals surface area contributed by atoms with Crippen LogP contribution in [0.1, 0.15) is 31.7 Å². The molecule has 1 aromatic carbocycles. The van der Waals surface area contributed by atoms with E-state index in [0.29, 0.717) is 19.0 Å². The first kappa shape index (κ1) is 21.1. The third-order valence-electron chi connectivity index (χ3n) is 5.56. The number of carbonyl (C=O) groups excluding carboxylic acids is 1. The molecular weight excluding hydrogens is 390 g/mol. The molecule has 0 bridgehead atoms. The number of rotatable bonds is 9. The monoisotopic (exact) mass is 421 g/mol. The SMILES string of the molecule is CCCNc1nc(NC)nc2cc(-n3ccc(CNCC(=O)N4CCCC4)c3)ccc12. The molecule has 8 heteroatoms. The number of fused-ring (bicyclic) bond motifs is 1. The molecule has 0 radical (unpaired) electrons. The highest BCUT2D eigenvalue weighted by molar-refractivity contribution is 5.91. The molecule has 3 N–H and O–H groups in total. The summed E-state index contributed by atoms with van der Waals surface area (Å²) in [5.74, 6) is 1.64. The average molecular weight is 422 g/mol. The third kappa shape index (κ3) is 4.96. The summed E-state index contributed by atoms with van der Waals surface area (Å²) < 4.78 is 2.08. The maximum atomic E-state index is 12.2. The minimum absolute atomic E-state index is 0.193. The van der Waals surface area contributed by atoms with Gasteiger partial charge < -0.3 is 25.4 Å². The molecule has 8 nitrogen and oxygen atoms in total. The zero-order chi connectivity index (χ0) is 21.6. The van der Waals surface area contributed by atoms with E-state index in [1.54, 1.807) is 0 Å². The first-order valence-electron chi connectivity index (χ1n) is 11.1. The van der Waals surface area contributed by atoms with Gasteiger partial charge in [-0.2, -0.15) is 4.98 Å². The van der Waals surface area contributed by atoms with Gasteiger partial charge in [0.25, 0.3) is 0 Å². The lowest BCUT2D eigenvalue weighted by Crippen LogP contribution is -2.35. The zero-order valence-corrected chi connectivity index (χ0v) is 18.3. The maximum absolute atomic E-state index is 12.2. The normalized spacial score (nSPS) is 13.7. The van der Waals surface area contributed by atoms with E-state index in [-0.39, 0.29) is 5.91 Å². The lowest BCUT2D eigenvalue weighted by atomic mass is 10.2. The fraction of sp³-hybridized carbons (Fsp3) is 0.435. The molecule has 0 atom stereocenters. The van der Waals surface area contributed by atoms with E-state index in [9.17, 15) is 4.79 Å². The van der Waals surface area contributed by atoms with E-state index in [1.165, 1.54) is 0 Å². The van der Waals surface area contributed by atoms with Crippen LogP contribution in [-0.4, -0.2) is 58.6 Å². The first-order valence-corrected chi connectivity index (χ1v) is 11.1. The van der Waals surface area contributed by atoms with Crippen molar-refractivity contribution in [2.45, 2.75) is 32.7 Å². The number of aromatic nitrogens is 3.